The fourth-order valence-corrected chi connectivity index (χ4v) is 0.803. The number of aliphatic hydroxyl groups excluding tert-OH is 2. The maximum absolute atomic E-state index is 8.99. The average Bonchev–Trinajstić information content (AvgIpc) is 1.85. The van der Waals surface area contributed by atoms with Crippen LogP contribution in [0.15, 0.2) is 0 Å². The van der Waals surface area contributed by atoms with Crippen LogP contribution in [0.2, 0.25) is 0 Å². The third-order valence-corrected chi connectivity index (χ3v) is 1.47. The molecule has 2 N–H and O–H groups in total. The van der Waals surface area contributed by atoms with Crippen molar-refractivity contribution in [2.45, 2.75) is 25.4 Å². The second-order valence-corrected chi connectivity index (χ2v) is 2.48. The van der Waals surface area contributed by atoms with Gasteiger partial charge in [0.25, 0.3) is 0 Å². The number of thiol groups is 1. The smallest absolute Gasteiger partial charge is 0.0562 e. The predicted molar refractivity (Wildman–Crippen MR) is 40.8 cm³/mol. The largest absolute Gasteiger partial charge is 0.396 e. The van der Waals surface area contributed by atoms with Gasteiger partial charge in [-0.05, 0) is 25.0 Å². The first-order chi connectivity index (χ1) is 4.31. The maximum atomic E-state index is 8.99. The maximum Gasteiger partial charge on any atom is 0.0562 e. The van der Waals surface area contributed by atoms with Crippen molar-refractivity contribution in [1.82, 2.24) is 0 Å². The summed E-state index contributed by atoms with van der Waals surface area (Å²) in [4.78, 5) is 0. The van der Waals surface area contributed by atoms with E-state index < -0.39 is 0 Å². The van der Waals surface area contributed by atoms with Crippen molar-refractivity contribution in [3.63, 3.8) is 0 Å². The molecule has 1 unspecified atom stereocenters. The number of hydrogen-bond donors (Lipinski definition) is 3. The molecule has 0 aromatic carbocycles. The predicted octanol–water partition coefficient (Wildman–Crippen LogP) is 0.440. The lowest BCUT2D eigenvalue weighted by molar-refractivity contribution is 0.125. The summed E-state index contributed by atoms with van der Waals surface area (Å²) >= 11 is 3.99. The summed E-state index contributed by atoms with van der Waals surface area (Å²) in [7, 11) is 0. The summed E-state index contributed by atoms with van der Waals surface area (Å²) in [6.45, 7) is 0.0771. The van der Waals surface area contributed by atoms with E-state index in [1.807, 2.05) is 0 Å². The molecule has 0 bridgehead atoms. The van der Waals surface area contributed by atoms with Gasteiger partial charge in [-0.2, -0.15) is 12.6 Å². The van der Waals surface area contributed by atoms with Crippen LogP contribution < -0.4 is 0 Å². The molecule has 1 atom stereocenters. The van der Waals surface area contributed by atoms with Gasteiger partial charge < -0.3 is 10.2 Å². The van der Waals surface area contributed by atoms with E-state index in [-0.39, 0.29) is 12.7 Å². The molecule has 0 aliphatic rings. The Labute approximate surface area is 61.3 Å². The van der Waals surface area contributed by atoms with E-state index in [4.69, 9.17) is 10.2 Å². The summed E-state index contributed by atoms with van der Waals surface area (Å²) in [6.07, 6.45) is 1.84. The molecule has 0 rings (SSSR count). The zero-order chi connectivity index (χ0) is 7.11. The molecule has 0 fully saturated rings. The Morgan fingerprint density at radius 3 is 2.44 bits per heavy atom. The Balaban J connectivity index is 2.95. The van der Waals surface area contributed by atoms with Gasteiger partial charge in [-0.1, -0.05) is 0 Å². The first kappa shape index (κ1) is 9.27. The van der Waals surface area contributed by atoms with Crippen LogP contribution in [0.5, 0.6) is 0 Å². The van der Waals surface area contributed by atoms with Gasteiger partial charge in [0.15, 0.2) is 0 Å². The topological polar surface area (TPSA) is 40.5 Å². The third kappa shape index (κ3) is 6.15. The van der Waals surface area contributed by atoms with Gasteiger partial charge in [-0.25, -0.2) is 0 Å². The Bertz CT molecular complexity index is 59.0. The van der Waals surface area contributed by atoms with Gasteiger partial charge in [-0.3, -0.25) is 0 Å². The summed E-state index contributed by atoms with van der Waals surface area (Å²) in [6, 6.07) is 0. The zero-order valence-corrected chi connectivity index (χ0v) is 6.35. The van der Waals surface area contributed by atoms with Gasteiger partial charge in [0.05, 0.1) is 6.10 Å². The summed E-state index contributed by atoms with van der Waals surface area (Å²) in [5.74, 6) is 0.808. The van der Waals surface area contributed by atoms with Gasteiger partial charge in [-0.15, -0.1) is 0 Å². The number of rotatable bonds is 5. The quantitative estimate of drug-likeness (QED) is 0.498. The van der Waals surface area contributed by atoms with E-state index >= 15 is 0 Å². The first-order valence-electron chi connectivity index (χ1n) is 3.21. The summed E-state index contributed by atoms with van der Waals surface area (Å²) in [5, 5.41) is 17.3. The molecule has 0 spiro atoms. The molecule has 0 saturated heterocycles. The fraction of sp³-hybridized carbons (Fsp3) is 1.00. The molecular weight excluding hydrogens is 136 g/mol. The molecule has 0 saturated carbocycles. The zero-order valence-electron chi connectivity index (χ0n) is 5.45. The second-order valence-electron chi connectivity index (χ2n) is 2.03. The van der Waals surface area contributed by atoms with E-state index in [0.717, 1.165) is 18.6 Å². The normalized spacial score (nSPS) is 13.7. The van der Waals surface area contributed by atoms with Crippen LogP contribution in [0, 0.1) is 0 Å². The SMILES string of the molecule is OCCC(O)CCCS. The van der Waals surface area contributed by atoms with Crippen LogP contribution in [0.25, 0.3) is 0 Å². The molecule has 0 heterocycles. The minimum Gasteiger partial charge on any atom is -0.396 e. The van der Waals surface area contributed by atoms with Crippen molar-refractivity contribution in [2.24, 2.45) is 0 Å². The van der Waals surface area contributed by atoms with Gasteiger partial charge in [0, 0.05) is 6.61 Å². The standard InChI is InChI=1S/C6H14O2S/c7-4-3-6(8)2-1-5-9/h6-9H,1-5H2. The molecule has 2 nitrogen and oxygen atoms in total. The highest BCUT2D eigenvalue weighted by atomic mass is 32.1. The van der Waals surface area contributed by atoms with Crippen molar-refractivity contribution in [3.05, 3.63) is 0 Å². The van der Waals surface area contributed by atoms with Crippen LogP contribution >= 0.6 is 12.6 Å². The first-order valence-corrected chi connectivity index (χ1v) is 3.84. The van der Waals surface area contributed by atoms with Crippen molar-refractivity contribution < 1.29 is 10.2 Å². The minimum absolute atomic E-state index is 0.0771. The summed E-state index contributed by atoms with van der Waals surface area (Å²) in [5.41, 5.74) is 0. The van der Waals surface area contributed by atoms with Crippen molar-refractivity contribution in [1.29, 1.82) is 0 Å². The Morgan fingerprint density at radius 2 is 2.00 bits per heavy atom. The lowest BCUT2D eigenvalue weighted by Crippen LogP contribution is -2.08. The highest BCUT2D eigenvalue weighted by Gasteiger charge is 2.00. The number of aliphatic hydroxyl groups is 2. The second kappa shape index (κ2) is 6.39. The average molecular weight is 150 g/mol. The van der Waals surface area contributed by atoms with E-state index in [9.17, 15) is 0 Å². The third-order valence-electron chi connectivity index (χ3n) is 1.16. The molecule has 0 radical (unpaired) electrons. The van der Waals surface area contributed by atoms with Crippen molar-refractivity contribution in [3.8, 4) is 0 Å². The van der Waals surface area contributed by atoms with Gasteiger partial charge in [0.1, 0.15) is 0 Å². The molecule has 56 valence electrons. The molecular formula is C6H14O2S. The molecule has 0 aromatic rings. The highest BCUT2D eigenvalue weighted by molar-refractivity contribution is 7.80. The van der Waals surface area contributed by atoms with E-state index in [1.54, 1.807) is 0 Å². The van der Waals surface area contributed by atoms with Crippen molar-refractivity contribution in [2.75, 3.05) is 12.4 Å². The molecule has 9 heavy (non-hydrogen) atoms. The molecule has 0 aliphatic carbocycles. The summed E-state index contributed by atoms with van der Waals surface area (Å²) < 4.78 is 0. The van der Waals surface area contributed by atoms with E-state index in [0.29, 0.717) is 6.42 Å². The van der Waals surface area contributed by atoms with Crippen LogP contribution in [-0.2, 0) is 0 Å². The monoisotopic (exact) mass is 150 g/mol. The van der Waals surface area contributed by atoms with E-state index in [1.165, 1.54) is 0 Å². The van der Waals surface area contributed by atoms with Crippen LogP contribution in [-0.4, -0.2) is 28.7 Å². The lowest BCUT2D eigenvalue weighted by atomic mass is 10.1. The Kier molecular flexibility index (Phi) is 6.58. The van der Waals surface area contributed by atoms with Gasteiger partial charge >= 0.3 is 0 Å². The lowest BCUT2D eigenvalue weighted by Gasteiger charge is -2.05. The van der Waals surface area contributed by atoms with Crippen LogP contribution in [0.1, 0.15) is 19.3 Å². The molecule has 0 aromatic heterocycles. The minimum atomic E-state index is -0.331. The van der Waals surface area contributed by atoms with Crippen LogP contribution in [0.4, 0.5) is 0 Å². The fourth-order valence-electron chi connectivity index (χ4n) is 0.620. The molecule has 0 aliphatic heterocycles. The highest BCUT2D eigenvalue weighted by Crippen LogP contribution is 2.01. The number of hydrogen-bond acceptors (Lipinski definition) is 3. The van der Waals surface area contributed by atoms with Crippen molar-refractivity contribution >= 4 is 12.6 Å². The van der Waals surface area contributed by atoms with Crippen LogP contribution in [0.3, 0.4) is 0 Å². The molecule has 3 heteroatoms. The Morgan fingerprint density at radius 1 is 1.33 bits per heavy atom. The van der Waals surface area contributed by atoms with Gasteiger partial charge in [0.2, 0.25) is 0 Å². The Hall–Kier alpha value is 0.270. The molecule has 0 amide bonds. The van der Waals surface area contributed by atoms with E-state index in [2.05, 4.69) is 12.6 Å².